The minimum absolute atomic E-state index is 0.253. The zero-order valence-corrected chi connectivity index (χ0v) is 24.1. The molecule has 216 valence electrons. The summed E-state index contributed by atoms with van der Waals surface area (Å²) < 4.78 is 3.92. The Bertz CT molecular complexity index is 2020. The Hall–Kier alpha value is -5.64. The van der Waals surface area contributed by atoms with E-state index in [2.05, 4.69) is 36.0 Å². The number of rotatable bonds is 5. The van der Waals surface area contributed by atoms with Gasteiger partial charge in [-0.05, 0) is 45.0 Å². The molecule has 0 aliphatic rings. The highest BCUT2D eigenvalue weighted by atomic mass is 16.4. The van der Waals surface area contributed by atoms with Gasteiger partial charge in [-0.15, -0.1) is 0 Å². The Labute approximate surface area is 247 Å². The maximum atomic E-state index is 12.2. The van der Waals surface area contributed by atoms with Crippen molar-refractivity contribution >= 4 is 45.6 Å². The molecule has 0 atom stereocenters. The standard InChI is InChI=1S/C33H30N6O4/c1-33(2,3)39-24-18-16-21(25(36-31(40)41)27(24)35-30(39)20-13-9-6-10-14-20)22-15-17-23-28(26(22)37-32(42)43)38(4)29(34-23)19-11-7-5-8-12-19/h5-18,36-37H,1-4H3,(H,40,41)(H,42,43). The maximum absolute atomic E-state index is 12.2. The van der Waals surface area contributed by atoms with Crippen molar-refractivity contribution in [1.82, 2.24) is 19.1 Å². The van der Waals surface area contributed by atoms with Crippen LogP contribution in [0.25, 0.3) is 56.0 Å². The van der Waals surface area contributed by atoms with E-state index in [-0.39, 0.29) is 16.9 Å². The summed E-state index contributed by atoms with van der Waals surface area (Å²) in [6, 6.07) is 26.6. The van der Waals surface area contributed by atoms with Gasteiger partial charge in [0.2, 0.25) is 0 Å². The highest BCUT2D eigenvalue weighted by Gasteiger charge is 2.27. The summed E-state index contributed by atoms with van der Waals surface area (Å²) in [6.45, 7) is 6.19. The Morgan fingerprint density at radius 2 is 1.23 bits per heavy atom. The van der Waals surface area contributed by atoms with Crippen LogP contribution in [0.2, 0.25) is 0 Å². The summed E-state index contributed by atoms with van der Waals surface area (Å²) in [7, 11) is 1.82. The molecular weight excluding hydrogens is 544 g/mol. The molecule has 0 bridgehead atoms. The molecule has 0 radical (unpaired) electrons. The van der Waals surface area contributed by atoms with Gasteiger partial charge in [-0.1, -0.05) is 60.7 Å². The molecule has 0 aliphatic carbocycles. The van der Waals surface area contributed by atoms with Crippen LogP contribution in [0, 0.1) is 0 Å². The van der Waals surface area contributed by atoms with Crippen LogP contribution in [0.15, 0.2) is 84.9 Å². The number of nitrogens with one attached hydrogen (secondary N) is 2. The van der Waals surface area contributed by atoms with E-state index in [4.69, 9.17) is 9.97 Å². The number of anilines is 2. The van der Waals surface area contributed by atoms with E-state index < -0.39 is 12.2 Å². The average molecular weight is 575 g/mol. The quantitative estimate of drug-likeness (QED) is 0.166. The molecule has 4 N–H and O–H groups in total. The van der Waals surface area contributed by atoms with Crippen molar-refractivity contribution in [3.05, 3.63) is 84.9 Å². The van der Waals surface area contributed by atoms with Crippen molar-refractivity contribution in [2.75, 3.05) is 10.6 Å². The fraction of sp³-hybridized carbons (Fsp3) is 0.152. The number of benzene rings is 4. The van der Waals surface area contributed by atoms with Gasteiger partial charge < -0.3 is 19.3 Å². The first-order valence-electron chi connectivity index (χ1n) is 13.7. The van der Waals surface area contributed by atoms with Gasteiger partial charge in [0.05, 0.1) is 27.9 Å². The summed E-state index contributed by atoms with van der Waals surface area (Å²) in [4.78, 5) is 34.1. The van der Waals surface area contributed by atoms with Crippen LogP contribution in [0.3, 0.4) is 0 Å². The highest BCUT2D eigenvalue weighted by molar-refractivity contribution is 6.11. The van der Waals surface area contributed by atoms with Gasteiger partial charge in [0.15, 0.2) is 0 Å². The zero-order valence-electron chi connectivity index (χ0n) is 24.1. The minimum atomic E-state index is -1.26. The molecule has 10 heteroatoms. The topological polar surface area (TPSA) is 134 Å². The molecule has 0 aliphatic heterocycles. The summed E-state index contributed by atoms with van der Waals surface area (Å²) in [5.41, 5.74) is 5.20. The van der Waals surface area contributed by atoms with Crippen LogP contribution < -0.4 is 10.6 Å². The molecule has 2 aromatic heterocycles. The summed E-state index contributed by atoms with van der Waals surface area (Å²) in [5.74, 6) is 1.35. The molecule has 43 heavy (non-hydrogen) atoms. The second-order valence-corrected chi connectivity index (χ2v) is 11.2. The summed E-state index contributed by atoms with van der Waals surface area (Å²) in [6.07, 6.45) is -2.52. The predicted octanol–water partition coefficient (Wildman–Crippen LogP) is 7.86. The molecule has 10 nitrogen and oxygen atoms in total. The number of nitrogens with zero attached hydrogens (tertiary/aromatic N) is 4. The second kappa shape index (κ2) is 10.3. The van der Waals surface area contributed by atoms with Crippen LogP contribution in [-0.4, -0.2) is 41.5 Å². The smallest absolute Gasteiger partial charge is 0.409 e. The third kappa shape index (κ3) is 4.82. The molecule has 2 amide bonds. The number of amides is 2. The van der Waals surface area contributed by atoms with Gasteiger partial charge in [-0.2, -0.15) is 0 Å². The fourth-order valence-corrected chi connectivity index (χ4v) is 5.67. The monoisotopic (exact) mass is 574 g/mol. The van der Waals surface area contributed by atoms with Crippen molar-refractivity contribution in [2.24, 2.45) is 7.05 Å². The summed E-state index contributed by atoms with van der Waals surface area (Å²) >= 11 is 0. The molecule has 4 aromatic carbocycles. The zero-order chi connectivity index (χ0) is 30.5. The van der Waals surface area contributed by atoms with E-state index in [1.807, 2.05) is 84.4 Å². The van der Waals surface area contributed by atoms with E-state index in [0.29, 0.717) is 39.3 Å². The SMILES string of the molecule is Cn1c(-c2ccccc2)nc2ccc(-c3ccc4c(nc(-c5ccccc5)n4C(C)(C)C)c3NC(=O)O)c(NC(=O)O)c21. The lowest BCUT2D eigenvalue weighted by atomic mass is 9.99. The van der Waals surface area contributed by atoms with Crippen LogP contribution in [0.1, 0.15) is 20.8 Å². The van der Waals surface area contributed by atoms with E-state index in [0.717, 1.165) is 16.6 Å². The maximum Gasteiger partial charge on any atom is 0.409 e. The minimum Gasteiger partial charge on any atom is -0.465 e. The Kier molecular flexibility index (Phi) is 6.61. The lowest BCUT2D eigenvalue weighted by molar-refractivity contribution is 0.208. The van der Waals surface area contributed by atoms with E-state index in [9.17, 15) is 19.8 Å². The van der Waals surface area contributed by atoms with E-state index in [1.54, 1.807) is 12.1 Å². The molecule has 0 unspecified atom stereocenters. The average Bonchev–Trinajstić information content (AvgIpc) is 3.53. The first kappa shape index (κ1) is 27.5. The third-order valence-electron chi connectivity index (χ3n) is 7.35. The second-order valence-electron chi connectivity index (χ2n) is 11.2. The number of fused-ring (bicyclic) bond motifs is 2. The normalized spacial score (nSPS) is 11.6. The predicted molar refractivity (Wildman–Crippen MR) is 169 cm³/mol. The summed E-state index contributed by atoms with van der Waals surface area (Å²) in [5, 5.41) is 25.0. The molecule has 2 heterocycles. The molecule has 6 aromatic rings. The number of hydrogen-bond donors (Lipinski definition) is 4. The Morgan fingerprint density at radius 3 is 1.81 bits per heavy atom. The number of imidazole rings is 2. The molecular formula is C33H30N6O4. The first-order chi connectivity index (χ1) is 20.5. The molecule has 0 saturated carbocycles. The van der Waals surface area contributed by atoms with Crippen LogP contribution in [0.5, 0.6) is 0 Å². The number of carboxylic acid groups (broad SMARTS) is 2. The van der Waals surface area contributed by atoms with Gasteiger partial charge in [0, 0.05) is 34.8 Å². The van der Waals surface area contributed by atoms with Crippen molar-refractivity contribution < 1.29 is 19.8 Å². The molecule has 0 spiro atoms. The van der Waals surface area contributed by atoms with Gasteiger partial charge in [-0.25, -0.2) is 19.6 Å². The lowest BCUT2D eigenvalue weighted by Crippen LogP contribution is -2.22. The van der Waals surface area contributed by atoms with Gasteiger partial charge in [0.1, 0.15) is 17.2 Å². The first-order valence-corrected chi connectivity index (χ1v) is 13.7. The largest absolute Gasteiger partial charge is 0.465 e. The van der Waals surface area contributed by atoms with Crippen LogP contribution >= 0.6 is 0 Å². The highest BCUT2D eigenvalue weighted by Crippen LogP contribution is 2.44. The van der Waals surface area contributed by atoms with Gasteiger partial charge >= 0.3 is 12.2 Å². The number of carbonyl (C=O) groups is 2. The van der Waals surface area contributed by atoms with Gasteiger partial charge in [0.25, 0.3) is 0 Å². The van der Waals surface area contributed by atoms with Crippen LogP contribution in [0.4, 0.5) is 21.0 Å². The lowest BCUT2D eigenvalue weighted by Gasteiger charge is -2.25. The number of aryl methyl sites for hydroxylation is 1. The molecule has 6 rings (SSSR count). The van der Waals surface area contributed by atoms with Gasteiger partial charge in [-0.3, -0.25) is 10.6 Å². The Balaban J connectivity index is 1.67. The third-order valence-corrected chi connectivity index (χ3v) is 7.35. The van der Waals surface area contributed by atoms with E-state index >= 15 is 0 Å². The van der Waals surface area contributed by atoms with Crippen molar-refractivity contribution in [2.45, 2.75) is 26.3 Å². The molecule has 0 saturated heterocycles. The van der Waals surface area contributed by atoms with Crippen molar-refractivity contribution in [3.63, 3.8) is 0 Å². The fourth-order valence-electron chi connectivity index (χ4n) is 5.67. The van der Waals surface area contributed by atoms with E-state index in [1.165, 1.54) is 0 Å². The number of hydrogen-bond acceptors (Lipinski definition) is 4. The van der Waals surface area contributed by atoms with Crippen molar-refractivity contribution in [3.8, 4) is 33.9 Å². The Morgan fingerprint density at radius 1 is 0.698 bits per heavy atom. The number of aromatic nitrogens is 4. The van der Waals surface area contributed by atoms with Crippen molar-refractivity contribution in [1.29, 1.82) is 0 Å². The van der Waals surface area contributed by atoms with Crippen LogP contribution in [-0.2, 0) is 12.6 Å². The molecule has 0 fully saturated rings.